The fourth-order valence-electron chi connectivity index (χ4n) is 2.74. The van der Waals surface area contributed by atoms with Crippen LogP contribution in [0.5, 0.6) is 0 Å². The number of hydrogen-bond acceptors (Lipinski definition) is 2. The van der Waals surface area contributed by atoms with Gasteiger partial charge >= 0.3 is 0 Å². The minimum absolute atomic E-state index is 0. The molecule has 22 heavy (non-hydrogen) atoms. The Hall–Kier alpha value is 0.230. The van der Waals surface area contributed by atoms with E-state index in [9.17, 15) is 4.39 Å². The van der Waals surface area contributed by atoms with E-state index in [1.165, 1.54) is 6.07 Å². The summed E-state index contributed by atoms with van der Waals surface area (Å²) in [5.41, 5.74) is 0.551. The number of halogens is 5. The lowest BCUT2D eigenvalue weighted by molar-refractivity contribution is 0.151. The van der Waals surface area contributed by atoms with Crippen LogP contribution in [-0.4, -0.2) is 31.1 Å². The molecule has 7 heteroatoms. The maximum atomic E-state index is 14.5. The maximum Gasteiger partial charge on any atom is 0.148 e. The Kier molecular flexibility index (Phi) is 10.3. The molecule has 0 spiro atoms. The fourth-order valence-corrected chi connectivity index (χ4v) is 3.17. The van der Waals surface area contributed by atoms with Crippen LogP contribution in [0, 0.1) is 11.7 Å². The summed E-state index contributed by atoms with van der Waals surface area (Å²) in [7, 11) is 0. The van der Waals surface area contributed by atoms with E-state index < -0.39 is 0 Å². The van der Waals surface area contributed by atoms with Gasteiger partial charge in [-0.15, -0.1) is 24.8 Å². The van der Waals surface area contributed by atoms with Gasteiger partial charge in [-0.2, -0.15) is 0 Å². The SMILES string of the molecule is CC(C)C[C@H](c1c(Cl)ccc(Cl)c1F)N1CCNCC1.Cl.Cl. The molecule has 1 saturated heterocycles. The van der Waals surface area contributed by atoms with Crippen molar-refractivity contribution in [3.63, 3.8) is 0 Å². The van der Waals surface area contributed by atoms with Gasteiger partial charge in [0.25, 0.3) is 0 Å². The lowest BCUT2D eigenvalue weighted by atomic mass is 9.94. The topological polar surface area (TPSA) is 15.3 Å². The molecule has 0 saturated carbocycles. The molecular weight excluding hydrogens is 369 g/mol. The van der Waals surface area contributed by atoms with Crippen molar-refractivity contribution in [1.82, 2.24) is 10.2 Å². The Balaban J connectivity index is 0.00000220. The average molecular weight is 392 g/mol. The first-order chi connectivity index (χ1) is 9.50. The smallest absolute Gasteiger partial charge is 0.148 e. The largest absolute Gasteiger partial charge is 0.314 e. The highest BCUT2D eigenvalue weighted by atomic mass is 35.5. The van der Waals surface area contributed by atoms with E-state index in [-0.39, 0.29) is 41.7 Å². The Morgan fingerprint density at radius 3 is 2.23 bits per heavy atom. The summed E-state index contributed by atoms with van der Waals surface area (Å²) in [6.07, 6.45) is 0.872. The molecule has 1 fully saturated rings. The Bertz CT molecular complexity index is 465. The summed E-state index contributed by atoms with van der Waals surface area (Å²) in [5, 5.41) is 3.94. The van der Waals surface area contributed by atoms with Crippen molar-refractivity contribution in [1.29, 1.82) is 0 Å². The highest BCUT2D eigenvalue weighted by Crippen LogP contribution is 2.37. The number of hydrogen-bond donors (Lipinski definition) is 1. The second kappa shape index (κ2) is 10.2. The third-order valence-electron chi connectivity index (χ3n) is 3.70. The molecule has 0 radical (unpaired) electrons. The minimum Gasteiger partial charge on any atom is -0.314 e. The van der Waals surface area contributed by atoms with Crippen LogP contribution in [0.4, 0.5) is 4.39 Å². The van der Waals surface area contributed by atoms with Crippen molar-refractivity contribution >= 4 is 48.0 Å². The van der Waals surface area contributed by atoms with E-state index in [2.05, 4.69) is 24.1 Å². The third-order valence-corrected chi connectivity index (χ3v) is 4.32. The molecule has 1 aromatic carbocycles. The summed E-state index contributed by atoms with van der Waals surface area (Å²) < 4.78 is 14.5. The van der Waals surface area contributed by atoms with Gasteiger partial charge in [0.1, 0.15) is 5.82 Å². The summed E-state index contributed by atoms with van der Waals surface area (Å²) >= 11 is 12.2. The van der Waals surface area contributed by atoms with Gasteiger partial charge in [-0.25, -0.2) is 4.39 Å². The van der Waals surface area contributed by atoms with Gasteiger partial charge in [0.15, 0.2) is 0 Å². The standard InChI is InChI=1S/C15H21Cl2FN2.2ClH/c1-10(2)9-13(20-7-5-19-6-8-20)14-11(16)3-4-12(17)15(14)18;;/h3-4,10,13,19H,5-9H2,1-2H3;2*1H/t13-;;/m1../s1. The van der Waals surface area contributed by atoms with E-state index >= 15 is 0 Å². The second-order valence-electron chi connectivity index (χ2n) is 5.69. The van der Waals surface area contributed by atoms with Gasteiger partial charge in [0.05, 0.1) is 5.02 Å². The van der Waals surface area contributed by atoms with E-state index in [0.717, 1.165) is 32.6 Å². The van der Waals surface area contributed by atoms with E-state index in [4.69, 9.17) is 23.2 Å². The molecule has 1 aliphatic heterocycles. The highest BCUT2D eigenvalue weighted by molar-refractivity contribution is 6.33. The van der Waals surface area contributed by atoms with Crippen molar-refractivity contribution in [2.75, 3.05) is 26.2 Å². The van der Waals surface area contributed by atoms with Crippen LogP contribution in [-0.2, 0) is 0 Å². The molecule has 0 unspecified atom stereocenters. The molecule has 0 bridgehead atoms. The highest BCUT2D eigenvalue weighted by Gasteiger charge is 2.28. The summed E-state index contributed by atoms with van der Waals surface area (Å²) in [4.78, 5) is 2.30. The normalized spacial score (nSPS) is 16.8. The van der Waals surface area contributed by atoms with Crippen LogP contribution < -0.4 is 5.32 Å². The molecule has 128 valence electrons. The molecular formula is C15H23Cl4FN2. The van der Waals surface area contributed by atoms with E-state index in [1.54, 1.807) is 6.07 Å². The summed E-state index contributed by atoms with van der Waals surface area (Å²) in [5.74, 6) is 0.0904. The summed E-state index contributed by atoms with van der Waals surface area (Å²) in [6.45, 7) is 7.94. The molecule has 0 amide bonds. The lowest BCUT2D eigenvalue weighted by Crippen LogP contribution is -2.45. The molecule has 1 N–H and O–H groups in total. The van der Waals surface area contributed by atoms with Gasteiger partial charge < -0.3 is 5.32 Å². The first-order valence-corrected chi connectivity index (χ1v) is 7.84. The molecule has 1 aliphatic rings. The fraction of sp³-hybridized carbons (Fsp3) is 0.600. The molecule has 1 atom stereocenters. The van der Waals surface area contributed by atoms with E-state index in [1.807, 2.05) is 0 Å². The Morgan fingerprint density at radius 1 is 1.14 bits per heavy atom. The number of nitrogens with zero attached hydrogens (tertiary/aromatic N) is 1. The zero-order valence-corrected chi connectivity index (χ0v) is 15.9. The predicted molar refractivity (Wildman–Crippen MR) is 97.6 cm³/mol. The van der Waals surface area contributed by atoms with Crippen LogP contribution in [0.2, 0.25) is 10.0 Å². The monoisotopic (exact) mass is 390 g/mol. The van der Waals surface area contributed by atoms with Crippen molar-refractivity contribution in [3.8, 4) is 0 Å². The zero-order chi connectivity index (χ0) is 14.7. The average Bonchev–Trinajstić information content (AvgIpc) is 2.43. The number of rotatable bonds is 4. The molecule has 1 heterocycles. The second-order valence-corrected chi connectivity index (χ2v) is 6.50. The quantitative estimate of drug-likeness (QED) is 0.729. The minimum atomic E-state index is -0.372. The van der Waals surface area contributed by atoms with E-state index in [0.29, 0.717) is 16.5 Å². The molecule has 0 aliphatic carbocycles. The van der Waals surface area contributed by atoms with Crippen LogP contribution in [0.15, 0.2) is 12.1 Å². The van der Waals surface area contributed by atoms with Gasteiger partial charge in [0, 0.05) is 42.8 Å². The lowest BCUT2D eigenvalue weighted by Gasteiger charge is -2.36. The Labute approximate surface area is 154 Å². The first kappa shape index (κ1) is 22.2. The van der Waals surface area contributed by atoms with Gasteiger partial charge in [-0.05, 0) is 24.5 Å². The predicted octanol–water partition coefficient (Wildman–Crippen LogP) is 4.97. The number of nitrogens with one attached hydrogen (secondary N) is 1. The Morgan fingerprint density at radius 2 is 1.68 bits per heavy atom. The van der Waals surface area contributed by atoms with Crippen LogP contribution in [0.1, 0.15) is 31.9 Å². The van der Waals surface area contributed by atoms with Gasteiger partial charge in [0.2, 0.25) is 0 Å². The molecule has 1 aromatic rings. The number of benzene rings is 1. The van der Waals surface area contributed by atoms with Crippen molar-refractivity contribution in [3.05, 3.63) is 33.6 Å². The van der Waals surface area contributed by atoms with Crippen molar-refractivity contribution in [2.45, 2.75) is 26.3 Å². The number of piperazine rings is 1. The van der Waals surface area contributed by atoms with Gasteiger partial charge in [-0.1, -0.05) is 37.0 Å². The van der Waals surface area contributed by atoms with Gasteiger partial charge in [-0.3, -0.25) is 4.90 Å². The van der Waals surface area contributed by atoms with Crippen molar-refractivity contribution in [2.24, 2.45) is 5.92 Å². The van der Waals surface area contributed by atoms with Crippen LogP contribution in [0.3, 0.4) is 0 Å². The van der Waals surface area contributed by atoms with Crippen LogP contribution in [0.25, 0.3) is 0 Å². The molecule has 2 rings (SSSR count). The summed E-state index contributed by atoms with van der Waals surface area (Å²) in [6, 6.07) is 3.20. The van der Waals surface area contributed by atoms with Crippen molar-refractivity contribution < 1.29 is 4.39 Å². The first-order valence-electron chi connectivity index (χ1n) is 7.09. The molecule has 2 nitrogen and oxygen atoms in total. The molecule has 0 aromatic heterocycles. The zero-order valence-electron chi connectivity index (χ0n) is 12.7. The third kappa shape index (κ3) is 5.40. The maximum absolute atomic E-state index is 14.5. The van der Waals surface area contributed by atoms with Crippen LogP contribution >= 0.6 is 48.0 Å².